The van der Waals surface area contributed by atoms with E-state index in [1.807, 2.05) is 24.3 Å². The van der Waals surface area contributed by atoms with E-state index in [2.05, 4.69) is 28.1 Å². The summed E-state index contributed by atoms with van der Waals surface area (Å²) in [6.07, 6.45) is 0.891. The van der Waals surface area contributed by atoms with E-state index in [0.717, 1.165) is 12.0 Å². The molecule has 0 aliphatic carbocycles. The van der Waals surface area contributed by atoms with Crippen LogP contribution in [0.4, 0.5) is 4.39 Å². The zero-order chi connectivity index (χ0) is 14.5. The number of rotatable bonds is 5. The monoisotopic (exact) mass is 336 g/mol. The molecule has 2 rings (SSSR count). The standard InChI is InChI=1S/C17H18BrFO/c1-12-4-3-5-15(17(12)19)16(18)14-8-6-13(7-9-14)10-11-20-2/h3-9,16H,10-11H2,1-2H3. The largest absolute Gasteiger partial charge is 0.384 e. The normalized spacial score (nSPS) is 12.4. The minimum absolute atomic E-state index is 0.126. The van der Waals surface area contributed by atoms with Gasteiger partial charge in [-0.15, -0.1) is 0 Å². The lowest BCUT2D eigenvalue weighted by Gasteiger charge is -2.13. The Morgan fingerprint density at radius 3 is 2.50 bits per heavy atom. The van der Waals surface area contributed by atoms with Crippen molar-refractivity contribution in [2.45, 2.75) is 18.2 Å². The zero-order valence-corrected chi connectivity index (χ0v) is 13.3. The van der Waals surface area contributed by atoms with Crippen LogP contribution in [0.5, 0.6) is 0 Å². The van der Waals surface area contributed by atoms with E-state index in [1.165, 1.54) is 5.56 Å². The molecule has 0 aromatic heterocycles. The van der Waals surface area contributed by atoms with Crippen molar-refractivity contribution in [3.05, 3.63) is 70.5 Å². The number of methoxy groups -OCH3 is 1. The van der Waals surface area contributed by atoms with Crippen molar-refractivity contribution in [1.29, 1.82) is 0 Å². The van der Waals surface area contributed by atoms with Crippen LogP contribution >= 0.6 is 15.9 Å². The van der Waals surface area contributed by atoms with Crippen LogP contribution in [-0.4, -0.2) is 13.7 Å². The first-order valence-corrected chi connectivity index (χ1v) is 7.52. The molecule has 1 unspecified atom stereocenters. The van der Waals surface area contributed by atoms with Crippen molar-refractivity contribution in [3.8, 4) is 0 Å². The predicted octanol–water partition coefficient (Wildman–Crippen LogP) is 4.81. The fourth-order valence-corrected chi connectivity index (χ4v) is 2.78. The number of benzene rings is 2. The Morgan fingerprint density at radius 2 is 1.85 bits per heavy atom. The van der Waals surface area contributed by atoms with Gasteiger partial charge in [0.1, 0.15) is 5.82 Å². The van der Waals surface area contributed by atoms with Crippen LogP contribution in [0, 0.1) is 12.7 Å². The van der Waals surface area contributed by atoms with Crippen molar-refractivity contribution in [1.82, 2.24) is 0 Å². The zero-order valence-electron chi connectivity index (χ0n) is 11.7. The molecule has 1 atom stereocenters. The molecule has 0 fully saturated rings. The summed E-state index contributed by atoms with van der Waals surface area (Å²) in [4.78, 5) is -0.126. The second kappa shape index (κ2) is 7.00. The highest BCUT2D eigenvalue weighted by molar-refractivity contribution is 9.09. The topological polar surface area (TPSA) is 9.23 Å². The third-order valence-electron chi connectivity index (χ3n) is 3.36. The lowest BCUT2D eigenvalue weighted by molar-refractivity contribution is 0.202. The number of halogens is 2. The smallest absolute Gasteiger partial charge is 0.130 e. The summed E-state index contributed by atoms with van der Waals surface area (Å²) >= 11 is 3.59. The Kier molecular flexibility index (Phi) is 5.32. The second-order valence-corrected chi connectivity index (χ2v) is 5.74. The fourth-order valence-electron chi connectivity index (χ4n) is 2.12. The summed E-state index contributed by atoms with van der Waals surface area (Å²) < 4.78 is 19.2. The Morgan fingerprint density at radius 1 is 1.15 bits per heavy atom. The van der Waals surface area contributed by atoms with E-state index in [1.54, 1.807) is 20.1 Å². The number of hydrogen-bond donors (Lipinski definition) is 0. The highest BCUT2D eigenvalue weighted by Gasteiger charge is 2.15. The maximum Gasteiger partial charge on any atom is 0.130 e. The van der Waals surface area contributed by atoms with Gasteiger partial charge < -0.3 is 4.74 Å². The van der Waals surface area contributed by atoms with Crippen molar-refractivity contribution < 1.29 is 9.13 Å². The molecule has 0 spiro atoms. The van der Waals surface area contributed by atoms with Gasteiger partial charge in [0, 0.05) is 12.7 Å². The van der Waals surface area contributed by atoms with E-state index in [0.29, 0.717) is 17.7 Å². The first-order valence-electron chi connectivity index (χ1n) is 6.60. The van der Waals surface area contributed by atoms with Gasteiger partial charge in [-0.05, 0) is 30.0 Å². The van der Waals surface area contributed by atoms with Gasteiger partial charge in [-0.25, -0.2) is 4.39 Å². The molecule has 0 amide bonds. The summed E-state index contributed by atoms with van der Waals surface area (Å²) in [6, 6.07) is 13.7. The fraction of sp³-hybridized carbons (Fsp3) is 0.294. The first-order chi connectivity index (χ1) is 9.63. The van der Waals surface area contributed by atoms with E-state index in [4.69, 9.17) is 4.74 Å². The van der Waals surface area contributed by atoms with Crippen LogP contribution in [-0.2, 0) is 11.2 Å². The molecule has 106 valence electrons. The van der Waals surface area contributed by atoms with Gasteiger partial charge in [0.05, 0.1) is 11.4 Å². The van der Waals surface area contributed by atoms with Crippen LogP contribution in [0.3, 0.4) is 0 Å². The van der Waals surface area contributed by atoms with Crippen molar-refractivity contribution in [3.63, 3.8) is 0 Å². The maximum absolute atomic E-state index is 14.1. The molecule has 0 bridgehead atoms. The van der Waals surface area contributed by atoms with Crippen LogP contribution < -0.4 is 0 Å². The van der Waals surface area contributed by atoms with Crippen LogP contribution in [0.1, 0.15) is 27.1 Å². The molecule has 0 saturated carbocycles. The second-order valence-electron chi connectivity index (χ2n) is 4.83. The minimum atomic E-state index is -0.141. The molecule has 0 saturated heterocycles. The molecule has 2 aromatic carbocycles. The highest BCUT2D eigenvalue weighted by atomic mass is 79.9. The number of aryl methyl sites for hydroxylation is 1. The van der Waals surface area contributed by atoms with Gasteiger partial charge in [0.2, 0.25) is 0 Å². The molecule has 20 heavy (non-hydrogen) atoms. The van der Waals surface area contributed by atoms with E-state index in [9.17, 15) is 4.39 Å². The Balaban J connectivity index is 2.20. The summed E-state index contributed by atoms with van der Waals surface area (Å²) in [5.41, 5.74) is 3.62. The minimum Gasteiger partial charge on any atom is -0.384 e. The average Bonchev–Trinajstić information content (AvgIpc) is 2.48. The molecule has 3 heteroatoms. The number of alkyl halides is 1. The molecule has 0 N–H and O–H groups in total. The quantitative estimate of drug-likeness (QED) is 0.712. The highest BCUT2D eigenvalue weighted by Crippen LogP contribution is 2.33. The lowest BCUT2D eigenvalue weighted by atomic mass is 10.0. The van der Waals surface area contributed by atoms with Gasteiger partial charge in [0.25, 0.3) is 0 Å². The van der Waals surface area contributed by atoms with E-state index < -0.39 is 0 Å². The lowest BCUT2D eigenvalue weighted by Crippen LogP contribution is -1.99. The Hall–Kier alpha value is -1.19. The molecular weight excluding hydrogens is 319 g/mol. The Bertz CT molecular complexity index is 566. The Labute approximate surface area is 127 Å². The first kappa shape index (κ1) is 15.2. The summed E-state index contributed by atoms with van der Waals surface area (Å²) in [7, 11) is 1.70. The van der Waals surface area contributed by atoms with E-state index >= 15 is 0 Å². The maximum atomic E-state index is 14.1. The van der Waals surface area contributed by atoms with Crippen molar-refractivity contribution >= 4 is 15.9 Å². The molecular formula is C17H18BrFO. The van der Waals surface area contributed by atoms with Crippen LogP contribution in [0.15, 0.2) is 42.5 Å². The van der Waals surface area contributed by atoms with Crippen LogP contribution in [0.2, 0.25) is 0 Å². The van der Waals surface area contributed by atoms with Gasteiger partial charge >= 0.3 is 0 Å². The molecule has 0 aliphatic rings. The molecule has 0 heterocycles. The van der Waals surface area contributed by atoms with Gasteiger partial charge in [0.15, 0.2) is 0 Å². The van der Waals surface area contributed by atoms with Crippen LogP contribution in [0.25, 0.3) is 0 Å². The summed E-state index contributed by atoms with van der Waals surface area (Å²) in [5.74, 6) is -0.141. The van der Waals surface area contributed by atoms with Gasteiger partial charge in [-0.1, -0.05) is 58.4 Å². The molecule has 0 radical (unpaired) electrons. The summed E-state index contributed by atoms with van der Waals surface area (Å²) in [5, 5.41) is 0. The SMILES string of the molecule is COCCc1ccc(C(Br)c2cccc(C)c2F)cc1. The van der Waals surface area contributed by atoms with E-state index in [-0.39, 0.29) is 10.6 Å². The average molecular weight is 337 g/mol. The van der Waals surface area contributed by atoms with Gasteiger partial charge in [-0.3, -0.25) is 0 Å². The summed E-state index contributed by atoms with van der Waals surface area (Å²) in [6.45, 7) is 2.50. The number of ether oxygens (including phenoxy) is 1. The molecule has 0 aliphatic heterocycles. The third-order valence-corrected chi connectivity index (χ3v) is 4.38. The van der Waals surface area contributed by atoms with Crippen molar-refractivity contribution in [2.24, 2.45) is 0 Å². The van der Waals surface area contributed by atoms with Crippen molar-refractivity contribution in [2.75, 3.05) is 13.7 Å². The molecule has 1 nitrogen and oxygen atoms in total. The number of hydrogen-bond acceptors (Lipinski definition) is 1. The van der Waals surface area contributed by atoms with Gasteiger partial charge in [-0.2, -0.15) is 0 Å². The predicted molar refractivity (Wildman–Crippen MR) is 83.9 cm³/mol. The third kappa shape index (κ3) is 3.47. The molecule has 2 aromatic rings.